The van der Waals surface area contributed by atoms with Crippen LogP contribution in [0.15, 0.2) is 72.9 Å². The van der Waals surface area contributed by atoms with Gasteiger partial charge in [-0.15, -0.1) is 0 Å². The Hall–Kier alpha value is -1.56. The monoisotopic (exact) mass is 729 g/mol. The normalized spacial score (nSPS) is 28.8. The van der Waals surface area contributed by atoms with Crippen molar-refractivity contribution >= 4 is 0 Å². The SMILES string of the molecule is CC(C)C1(C)CC=CC1.CC(C)C1C=CCC1.CC(C)C1C=CCCC1.CC(C)C1CC2C=CC1C2.CC(C)C1CC=CC1.CC(C)C1CC=CCC1. The Labute approximate surface area is 334 Å². The van der Waals surface area contributed by atoms with Crippen LogP contribution >= 0.6 is 0 Å². The lowest BCUT2D eigenvalue weighted by Crippen LogP contribution is -2.18. The summed E-state index contributed by atoms with van der Waals surface area (Å²) in [5, 5.41) is 0. The maximum Gasteiger partial charge on any atom is -0.0197 e. The van der Waals surface area contributed by atoms with E-state index >= 15 is 0 Å². The summed E-state index contributed by atoms with van der Waals surface area (Å²) < 4.78 is 0. The molecule has 7 rings (SSSR count). The van der Waals surface area contributed by atoms with Gasteiger partial charge in [-0.3, -0.25) is 0 Å². The summed E-state index contributed by atoms with van der Waals surface area (Å²) in [7, 11) is 0. The third-order valence-electron chi connectivity index (χ3n) is 14.2. The fourth-order valence-electron chi connectivity index (χ4n) is 9.06. The van der Waals surface area contributed by atoms with Gasteiger partial charge in [-0.25, -0.2) is 0 Å². The summed E-state index contributed by atoms with van der Waals surface area (Å²) in [5.74, 6) is 11.8. The quantitative estimate of drug-likeness (QED) is 0.239. The minimum absolute atomic E-state index is 0.583. The second kappa shape index (κ2) is 25.6. The van der Waals surface area contributed by atoms with Crippen LogP contribution in [0.25, 0.3) is 0 Å². The van der Waals surface area contributed by atoms with Crippen molar-refractivity contribution in [2.24, 2.45) is 82.3 Å². The Balaban J connectivity index is 0.000000221. The largest absolute Gasteiger partial charge is 0.0885 e. The number of hydrogen-bond donors (Lipinski definition) is 0. The molecule has 0 nitrogen and oxygen atoms in total. The maximum absolute atomic E-state index is 2.44. The van der Waals surface area contributed by atoms with Crippen LogP contribution in [0.4, 0.5) is 0 Å². The van der Waals surface area contributed by atoms with Gasteiger partial charge in [0.1, 0.15) is 0 Å². The van der Waals surface area contributed by atoms with E-state index in [2.05, 4.69) is 163 Å². The van der Waals surface area contributed by atoms with Crippen LogP contribution in [-0.2, 0) is 0 Å². The zero-order valence-electron chi connectivity index (χ0n) is 37.8. The Morgan fingerprint density at radius 1 is 0.453 bits per heavy atom. The molecular weight excluding hydrogens is 637 g/mol. The van der Waals surface area contributed by atoms with Gasteiger partial charge in [0.25, 0.3) is 0 Å². The molecule has 0 aromatic carbocycles. The summed E-state index contributed by atoms with van der Waals surface area (Å²) in [4.78, 5) is 0. The fourth-order valence-corrected chi connectivity index (χ4v) is 9.06. The Kier molecular flexibility index (Phi) is 23.0. The summed E-state index contributed by atoms with van der Waals surface area (Å²) >= 11 is 0. The average molecular weight is 729 g/mol. The van der Waals surface area contributed by atoms with Crippen molar-refractivity contribution in [1.82, 2.24) is 0 Å². The molecule has 0 N–H and O–H groups in total. The summed E-state index contributed by atoms with van der Waals surface area (Å²) in [6.07, 6.45) is 47.0. The first-order chi connectivity index (χ1) is 25.1. The van der Waals surface area contributed by atoms with Crippen LogP contribution in [0.5, 0.6) is 0 Å². The van der Waals surface area contributed by atoms with Crippen molar-refractivity contribution in [3.8, 4) is 0 Å². The van der Waals surface area contributed by atoms with Crippen LogP contribution < -0.4 is 0 Å². The molecule has 0 aliphatic heterocycles. The zero-order valence-corrected chi connectivity index (χ0v) is 37.8. The fraction of sp³-hybridized carbons (Fsp3) is 0.774. The van der Waals surface area contributed by atoms with Crippen LogP contribution in [0.3, 0.4) is 0 Å². The molecule has 53 heavy (non-hydrogen) atoms. The van der Waals surface area contributed by atoms with Gasteiger partial charge in [-0.2, -0.15) is 0 Å². The number of hydrogen-bond acceptors (Lipinski definition) is 0. The van der Waals surface area contributed by atoms with E-state index in [1.807, 2.05) is 0 Å². The minimum Gasteiger partial charge on any atom is -0.0885 e. The standard InChI is InChI=1S/C10H16.3C9H16.2C8H14/c1-7(2)10-6-8-3-4-9(10)5-8;1-8(2)9(3)6-4-5-7-9;2*1-8(2)9-6-4-3-5-7-9;2*1-7(2)8-5-3-4-6-8/h3-4,7-10H,5-6H2,1-2H3;4-5,8H,6-7H2,1-3H3;4,6,8-9H,3,5,7H2,1-2H3;3-4,8-9H,5-7H2,1-2H3;3,5,7-8H,4,6H2,1-2H3;3-4,7-8H,5-6H2,1-2H3. The van der Waals surface area contributed by atoms with Crippen molar-refractivity contribution in [3.05, 3.63) is 72.9 Å². The van der Waals surface area contributed by atoms with Gasteiger partial charge >= 0.3 is 0 Å². The highest BCUT2D eigenvalue weighted by Gasteiger charge is 2.36. The zero-order chi connectivity index (χ0) is 39.4. The Morgan fingerprint density at radius 2 is 0.981 bits per heavy atom. The highest BCUT2D eigenvalue weighted by molar-refractivity contribution is 5.10. The molecule has 0 aromatic heterocycles. The van der Waals surface area contributed by atoms with E-state index in [0.717, 1.165) is 76.9 Å². The molecule has 2 bridgehead atoms. The van der Waals surface area contributed by atoms with Gasteiger partial charge in [0.2, 0.25) is 0 Å². The van der Waals surface area contributed by atoms with Crippen molar-refractivity contribution in [2.75, 3.05) is 0 Å². The van der Waals surface area contributed by atoms with E-state index in [1.54, 1.807) is 0 Å². The van der Waals surface area contributed by atoms with Crippen LogP contribution in [0.2, 0.25) is 0 Å². The molecule has 0 heterocycles. The summed E-state index contributed by atoms with van der Waals surface area (Å²) in [5.41, 5.74) is 0.583. The number of allylic oxidation sites excluding steroid dienone is 12. The van der Waals surface area contributed by atoms with Gasteiger partial charge in [0, 0.05) is 0 Å². The first-order valence-corrected chi connectivity index (χ1v) is 23.1. The van der Waals surface area contributed by atoms with Crippen LogP contribution in [0, 0.1) is 82.3 Å². The Morgan fingerprint density at radius 3 is 1.26 bits per heavy atom. The van der Waals surface area contributed by atoms with Gasteiger partial charge in [-0.1, -0.05) is 163 Å². The van der Waals surface area contributed by atoms with Crippen LogP contribution in [-0.4, -0.2) is 0 Å². The number of rotatable bonds is 6. The van der Waals surface area contributed by atoms with Crippen LogP contribution in [0.1, 0.15) is 180 Å². The molecule has 1 saturated carbocycles. The highest BCUT2D eigenvalue weighted by atomic mass is 14.4. The van der Waals surface area contributed by atoms with Gasteiger partial charge < -0.3 is 0 Å². The Bertz CT molecular complexity index is 1100. The summed E-state index contributed by atoms with van der Waals surface area (Å²) in [6, 6.07) is 0. The molecule has 0 aromatic rings. The van der Waals surface area contributed by atoms with Crippen molar-refractivity contribution in [2.45, 2.75) is 180 Å². The van der Waals surface area contributed by atoms with Crippen molar-refractivity contribution in [1.29, 1.82) is 0 Å². The molecule has 7 aliphatic rings. The first-order valence-electron chi connectivity index (χ1n) is 23.1. The third-order valence-corrected chi connectivity index (χ3v) is 14.2. The van der Waals surface area contributed by atoms with E-state index < -0.39 is 0 Å². The van der Waals surface area contributed by atoms with E-state index in [9.17, 15) is 0 Å². The molecule has 7 aliphatic carbocycles. The second-order valence-corrected chi connectivity index (χ2v) is 20.3. The molecule has 304 valence electrons. The van der Waals surface area contributed by atoms with E-state index in [0.29, 0.717) is 5.41 Å². The molecule has 6 atom stereocenters. The third kappa shape index (κ3) is 18.3. The molecule has 0 heteroatoms. The summed E-state index contributed by atoms with van der Waals surface area (Å²) in [6.45, 7) is 30.2. The van der Waals surface area contributed by atoms with Gasteiger partial charge in [-0.05, 0) is 172 Å². The van der Waals surface area contributed by atoms with Gasteiger partial charge in [0.05, 0.1) is 0 Å². The van der Waals surface area contributed by atoms with Crippen molar-refractivity contribution < 1.29 is 0 Å². The smallest absolute Gasteiger partial charge is 0.0197 e. The highest BCUT2D eigenvalue weighted by Crippen LogP contribution is 2.46. The lowest BCUT2D eigenvalue weighted by Gasteiger charge is -2.28. The predicted molar refractivity (Wildman–Crippen MR) is 241 cm³/mol. The lowest BCUT2D eigenvalue weighted by molar-refractivity contribution is 0.239. The molecule has 0 saturated heterocycles. The predicted octanol–water partition coefficient (Wildman–Crippen LogP) is 17.1. The first kappa shape index (κ1) is 47.6. The molecular formula is C53H92. The topological polar surface area (TPSA) is 0 Å². The molecule has 1 fully saturated rings. The number of fused-ring (bicyclic) bond motifs is 2. The maximum atomic E-state index is 2.44. The molecule has 0 amide bonds. The van der Waals surface area contributed by atoms with E-state index in [-0.39, 0.29) is 0 Å². The molecule has 6 unspecified atom stereocenters. The van der Waals surface area contributed by atoms with E-state index in [1.165, 1.54) is 89.9 Å². The minimum atomic E-state index is 0.583. The molecule has 0 spiro atoms. The molecule has 0 radical (unpaired) electrons. The van der Waals surface area contributed by atoms with Gasteiger partial charge in [0.15, 0.2) is 0 Å². The lowest BCUT2D eigenvalue weighted by atomic mass is 9.77. The van der Waals surface area contributed by atoms with E-state index in [4.69, 9.17) is 0 Å². The average Bonchev–Trinajstić information content (AvgIpc) is 4.00. The second-order valence-electron chi connectivity index (χ2n) is 20.3. The van der Waals surface area contributed by atoms with Crippen molar-refractivity contribution in [3.63, 3.8) is 0 Å².